The van der Waals surface area contributed by atoms with E-state index in [-0.39, 0.29) is 11.8 Å². The number of nitrogens with one attached hydrogen (secondary N) is 1. The molecule has 4 nitrogen and oxygen atoms in total. The van der Waals surface area contributed by atoms with Crippen LogP contribution in [0.15, 0.2) is 53.0 Å². The molecule has 2 amide bonds. The number of rotatable bonds is 7. The zero-order chi connectivity index (χ0) is 18.2. The van der Waals surface area contributed by atoms with Crippen molar-refractivity contribution in [1.82, 2.24) is 4.90 Å². The van der Waals surface area contributed by atoms with E-state index in [1.54, 1.807) is 30.3 Å². The minimum absolute atomic E-state index is 0.000639. The largest absolute Gasteiger partial charge is 0.339 e. The van der Waals surface area contributed by atoms with Gasteiger partial charge in [-0.1, -0.05) is 32.0 Å². The van der Waals surface area contributed by atoms with Gasteiger partial charge in [-0.05, 0) is 59.1 Å². The summed E-state index contributed by atoms with van der Waals surface area (Å²) in [6.45, 7) is 5.59. The van der Waals surface area contributed by atoms with E-state index in [0.717, 1.165) is 30.4 Å². The van der Waals surface area contributed by atoms with Crippen LogP contribution in [0.3, 0.4) is 0 Å². The second-order valence-electron chi connectivity index (χ2n) is 5.81. The van der Waals surface area contributed by atoms with Gasteiger partial charge in [0, 0.05) is 28.8 Å². The average molecular weight is 403 g/mol. The summed E-state index contributed by atoms with van der Waals surface area (Å²) >= 11 is 3.38. The number of carbonyl (C=O) groups is 2. The van der Waals surface area contributed by atoms with E-state index in [0.29, 0.717) is 16.8 Å². The predicted octanol–water partition coefficient (Wildman–Crippen LogP) is 4.96. The maximum Gasteiger partial charge on any atom is 0.256 e. The summed E-state index contributed by atoms with van der Waals surface area (Å²) in [6, 6.07) is 14.3. The van der Waals surface area contributed by atoms with Crippen LogP contribution in [0.25, 0.3) is 0 Å². The molecule has 0 aliphatic carbocycles. The van der Waals surface area contributed by atoms with Crippen LogP contribution in [0.5, 0.6) is 0 Å². The summed E-state index contributed by atoms with van der Waals surface area (Å²) in [6.07, 6.45) is 1.84. The molecule has 2 aromatic carbocycles. The van der Waals surface area contributed by atoms with Crippen molar-refractivity contribution in [2.24, 2.45) is 0 Å². The van der Waals surface area contributed by atoms with Crippen molar-refractivity contribution in [2.45, 2.75) is 26.7 Å². The number of hydrogen-bond acceptors (Lipinski definition) is 2. The third kappa shape index (κ3) is 5.16. The van der Waals surface area contributed by atoms with Crippen LogP contribution in [0.1, 0.15) is 47.4 Å². The zero-order valence-electron chi connectivity index (χ0n) is 14.6. The summed E-state index contributed by atoms with van der Waals surface area (Å²) in [4.78, 5) is 27.0. The lowest BCUT2D eigenvalue weighted by Crippen LogP contribution is -2.32. The molecule has 0 radical (unpaired) electrons. The van der Waals surface area contributed by atoms with E-state index in [2.05, 4.69) is 35.1 Å². The van der Waals surface area contributed by atoms with Crippen molar-refractivity contribution < 1.29 is 9.59 Å². The van der Waals surface area contributed by atoms with E-state index in [9.17, 15) is 9.59 Å². The fourth-order valence-electron chi connectivity index (χ4n) is 2.61. The smallest absolute Gasteiger partial charge is 0.256 e. The number of amides is 2. The molecule has 2 rings (SSSR count). The summed E-state index contributed by atoms with van der Waals surface area (Å²) in [5, 5.41) is 2.86. The molecule has 0 aliphatic heterocycles. The molecule has 0 aromatic heterocycles. The zero-order valence-corrected chi connectivity index (χ0v) is 16.2. The fourth-order valence-corrected chi connectivity index (χ4v) is 3.08. The van der Waals surface area contributed by atoms with E-state index < -0.39 is 0 Å². The Morgan fingerprint density at radius 2 is 1.68 bits per heavy atom. The molecule has 0 bridgehead atoms. The summed E-state index contributed by atoms with van der Waals surface area (Å²) in [7, 11) is 0. The molecule has 1 N–H and O–H groups in total. The lowest BCUT2D eigenvalue weighted by molar-refractivity contribution is 0.0755. The first-order valence-electron chi connectivity index (χ1n) is 8.52. The Bertz CT molecular complexity index is 740. The molecule has 2 aromatic rings. The van der Waals surface area contributed by atoms with Crippen molar-refractivity contribution in [3.63, 3.8) is 0 Å². The number of benzene rings is 2. The molecule has 25 heavy (non-hydrogen) atoms. The Kier molecular flexibility index (Phi) is 7.19. The minimum Gasteiger partial charge on any atom is -0.339 e. The molecule has 0 spiro atoms. The van der Waals surface area contributed by atoms with Crippen molar-refractivity contribution in [1.29, 1.82) is 0 Å². The minimum atomic E-state index is -0.212. The van der Waals surface area contributed by atoms with Crippen LogP contribution in [0.2, 0.25) is 0 Å². The number of hydrogen-bond donors (Lipinski definition) is 1. The van der Waals surface area contributed by atoms with Crippen LogP contribution in [0, 0.1) is 0 Å². The van der Waals surface area contributed by atoms with Gasteiger partial charge in [-0.15, -0.1) is 0 Å². The van der Waals surface area contributed by atoms with Gasteiger partial charge >= 0.3 is 0 Å². The highest BCUT2D eigenvalue weighted by Crippen LogP contribution is 2.19. The molecule has 0 saturated carbocycles. The van der Waals surface area contributed by atoms with Crippen LogP contribution < -0.4 is 5.32 Å². The molecule has 0 saturated heterocycles. The molecule has 0 heterocycles. The first-order valence-corrected chi connectivity index (χ1v) is 9.31. The van der Waals surface area contributed by atoms with Gasteiger partial charge in [0.2, 0.25) is 0 Å². The maximum absolute atomic E-state index is 12.7. The Morgan fingerprint density at radius 3 is 2.32 bits per heavy atom. The van der Waals surface area contributed by atoms with Crippen LogP contribution in [0.4, 0.5) is 5.69 Å². The standard InChI is InChI=1S/C20H23BrN2O2/c1-3-12-23(13-4-2)20(25)15-8-7-9-16(14-15)22-19(24)17-10-5-6-11-18(17)21/h5-11,14H,3-4,12-13H2,1-2H3,(H,22,24). The van der Waals surface area contributed by atoms with Gasteiger partial charge in [0.1, 0.15) is 0 Å². The van der Waals surface area contributed by atoms with E-state index in [1.165, 1.54) is 0 Å². The van der Waals surface area contributed by atoms with Crippen LogP contribution in [-0.4, -0.2) is 29.8 Å². The molecule has 5 heteroatoms. The van der Waals surface area contributed by atoms with Crippen molar-refractivity contribution in [2.75, 3.05) is 18.4 Å². The lowest BCUT2D eigenvalue weighted by atomic mass is 10.1. The van der Waals surface area contributed by atoms with Gasteiger partial charge in [0.05, 0.1) is 5.56 Å². The molecule has 0 aliphatic rings. The highest BCUT2D eigenvalue weighted by atomic mass is 79.9. The second-order valence-corrected chi connectivity index (χ2v) is 6.66. The van der Waals surface area contributed by atoms with Gasteiger partial charge < -0.3 is 10.2 Å². The Labute approximate surface area is 157 Å². The molecule has 0 atom stereocenters. The topological polar surface area (TPSA) is 49.4 Å². The Hall–Kier alpha value is -2.14. The van der Waals surface area contributed by atoms with E-state index >= 15 is 0 Å². The monoisotopic (exact) mass is 402 g/mol. The van der Waals surface area contributed by atoms with E-state index in [4.69, 9.17) is 0 Å². The number of nitrogens with zero attached hydrogens (tertiary/aromatic N) is 1. The summed E-state index contributed by atoms with van der Waals surface area (Å²) < 4.78 is 0.733. The van der Waals surface area contributed by atoms with Gasteiger partial charge in [0.25, 0.3) is 11.8 Å². The summed E-state index contributed by atoms with van der Waals surface area (Å²) in [5.74, 6) is -0.211. The number of halogens is 1. The van der Waals surface area contributed by atoms with Crippen molar-refractivity contribution in [3.8, 4) is 0 Å². The van der Waals surface area contributed by atoms with Gasteiger partial charge in [0.15, 0.2) is 0 Å². The van der Waals surface area contributed by atoms with Crippen molar-refractivity contribution in [3.05, 3.63) is 64.1 Å². The maximum atomic E-state index is 12.7. The van der Waals surface area contributed by atoms with Gasteiger partial charge in [-0.2, -0.15) is 0 Å². The fraction of sp³-hybridized carbons (Fsp3) is 0.300. The van der Waals surface area contributed by atoms with Crippen LogP contribution >= 0.6 is 15.9 Å². The SMILES string of the molecule is CCCN(CCC)C(=O)c1cccc(NC(=O)c2ccccc2Br)c1. The molecule has 0 fully saturated rings. The number of carbonyl (C=O) groups excluding carboxylic acids is 2. The predicted molar refractivity (Wildman–Crippen MR) is 105 cm³/mol. The molecular weight excluding hydrogens is 380 g/mol. The van der Waals surface area contributed by atoms with E-state index in [1.807, 2.05) is 23.1 Å². The molecule has 0 unspecified atom stereocenters. The third-order valence-corrected chi connectivity index (χ3v) is 4.45. The molecular formula is C20H23BrN2O2. The summed E-state index contributed by atoms with van der Waals surface area (Å²) in [5.41, 5.74) is 1.75. The normalized spacial score (nSPS) is 10.4. The highest BCUT2D eigenvalue weighted by molar-refractivity contribution is 9.10. The molecule has 132 valence electrons. The van der Waals surface area contributed by atoms with Crippen molar-refractivity contribution >= 4 is 33.4 Å². The van der Waals surface area contributed by atoms with Gasteiger partial charge in [-0.25, -0.2) is 0 Å². The van der Waals surface area contributed by atoms with Gasteiger partial charge in [-0.3, -0.25) is 9.59 Å². The number of anilines is 1. The average Bonchev–Trinajstić information content (AvgIpc) is 2.61. The Balaban J connectivity index is 2.17. The highest BCUT2D eigenvalue weighted by Gasteiger charge is 2.15. The second kappa shape index (κ2) is 9.37. The first-order chi connectivity index (χ1) is 12.1. The van der Waals surface area contributed by atoms with Crippen LogP contribution in [-0.2, 0) is 0 Å². The first kappa shape index (κ1) is 19.2. The lowest BCUT2D eigenvalue weighted by Gasteiger charge is -2.21. The third-order valence-electron chi connectivity index (χ3n) is 3.76. The quantitative estimate of drug-likeness (QED) is 0.710. The Morgan fingerprint density at radius 1 is 1.00 bits per heavy atom.